The lowest BCUT2D eigenvalue weighted by atomic mass is 10.0. The van der Waals surface area contributed by atoms with E-state index >= 15 is 0 Å². The van der Waals surface area contributed by atoms with Crippen LogP contribution < -0.4 is 5.73 Å². The maximum absolute atomic E-state index is 11.3. The molecule has 2 N–H and O–H groups in total. The van der Waals surface area contributed by atoms with Crippen molar-refractivity contribution in [2.75, 3.05) is 6.61 Å². The van der Waals surface area contributed by atoms with E-state index < -0.39 is 5.54 Å². The van der Waals surface area contributed by atoms with Crippen LogP contribution in [0, 0.1) is 0 Å². The number of hydrogen-bond donors (Lipinski definition) is 1. The van der Waals surface area contributed by atoms with Gasteiger partial charge in [0.05, 0.1) is 24.3 Å². The molecule has 0 fully saturated rings. The van der Waals surface area contributed by atoms with Gasteiger partial charge < -0.3 is 10.5 Å². The summed E-state index contributed by atoms with van der Waals surface area (Å²) in [7, 11) is 0. The summed E-state index contributed by atoms with van der Waals surface area (Å²) in [6.45, 7) is 6.16. The van der Waals surface area contributed by atoms with Crippen LogP contribution in [0.25, 0.3) is 0 Å². The lowest BCUT2D eigenvalue weighted by Crippen LogP contribution is -2.31. The zero-order chi connectivity index (χ0) is 12.2. The SMILES string of the molecule is CCOC(=O)Cc1csc(C(C)(N)CC)n1. The Bertz CT molecular complexity index is 361. The topological polar surface area (TPSA) is 65.2 Å². The Morgan fingerprint density at radius 3 is 2.88 bits per heavy atom. The number of ether oxygens (including phenoxy) is 1. The highest BCUT2D eigenvalue weighted by atomic mass is 32.1. The smallest absolute Gasteiger partial charge is 0.311 e. The second-order valence-corrected chi connectivity index (χ2v) is 4.75. The van der Waals surface area contributed by atoms with Crippen molar-refractivity contribution >= 4 is 17.3 Å². The Hall–Kier alpha value is -0.940. The predicted octanol–water partition coefficient (Wildman–Crippen LogP) is 1.83. The molecule has 90 valence electrons. The van der Waals surface area contributed by atoms with Crippen molar-refractivity contribution < 1.29 is 9.53 Å². The van der Waals surface area contributed by atoms with Crippen LogP contribution in [-0.2, 0) is 21.5 Å². The van der Waals surface area contributed by atoms with Gasteiger partial charge in [-0.2, -0.15) is 0 Å². The number of hydrogen-bond acceptors (Lipinski definition) is 5. The van der Waals surface area contributed by atoms with Crippen LogP contribution in [0.3, 0.4) is 0 Å². The summed E-state index contributed by atoms with van der Waals surface area (Å²) in [5, 5.41) is 2.74. The minimum absolute atomic E-state index is 0.226. The van der Waals surface area contributed by atoms with Gasteiger partial charge in [0.15, 0.2) is 0 Å². The molecule has 1 aromatic heterocycles. The van der Waals surface area contributed by atoms with E-state index in [2.05, 4.69) is 4.98 Å². The Morgan fingerprint density at radius 1 is 1.62 bits per heavy atom. The molecule has 0 saturated carbocycles. The molecule has 1 atom stereocenters. The fourth-order valence-electron chi connectivity index (χ4n) is 1.16. The van der Waals surface area contributed by atoms with E-state index in [0.29, 0.717) is 6.61 Å². The van der Waals surface area contributed by atoms with Crippen LogP contribution in [0.15, 0.2) is 5.38 Å². The molecule has 1 rings (SSSR count). The molecule has 0 amide bonds. The van der Waals surface area contributed by atoms with Crippen molar-refractivity contribution in [3.63, 3.8) is 0 Å². The van der Waals surface area contributed by atoms with E-state index in [0.717, 1.165) is 17.1 Å². The zero-order valence-electron chi connectivity index (χ0n) is 9.95. The van der Waals surface area contributed by atoms with Crippen molar-refractivity contribution in [1.29, 1.82) is 0 Å². The first-order valence-corrected chi connectivity index (χ1v) is 6.27. The molecule has 5 heteroatoms. The predicted molar refractivity (Wildman–Crippen MR) is 64.3 cm³/mol. The average Bonchev–Trinajstić information content (AvgIpc) is 2.67. The third-order valence-corrected chi connectivity index (χ3v) is 3.58. The number of carbonyl (C=O) groups is 1. The number of rotatable bonds is 5. The van der Waals surface area contributed by atoms with Gasteiger partial charge in [-0.3, -0.25) is 4.79 Å². The minimum atomic E-state index is -0.405. The van der Waals surface area contributed by atoms with Crippen molar-refractivity contribution in [2.45, 2.75) is 39.2 Å². The molecule has 0 radical (unpaired) electrons. The van der Waals surface area contributed by atoms with E-state index in [9.17, 15) is 4.79 Å². The highest BCUT2D eigenvalue weighted by molar-refractivity contribution is 7.09. The van der Waals surface area contributed by atoms with E-state index in [-0.39, 0.29) is 12.4 Å². The number of aromatic nitrogens is 1. The standard InChI is InChI=1S/C11H18N2O2S/c1-4-11(3,12)10-13-8(7-16-10)6-9(14)15-5-2/h7H,4-6,12H2,1-3H3. The molecule has 0 aliphatic carbocycles. The number of nitrogens with zero attached hydrogens (tertiary/aromatic N) is 1. The van der Waals surface area contributed by atoms with E-state index in [1.807, 2.05) is 19.2 Å². The lowest BCUT2D eigenvalue weighted by Gasteiger charge is -2.18. The van der Waals surface area contributed by atoms with Crippen molar-refractivity contribution in [3.05, 3.63) is 16.1 Å². The summed E-state index contributed by atoms with van der Waals surface area (Å²) < 4.78 is 4.86. The van der Waals surface area contributed by atoms with Gasteiger partial charge in [-0.1, -0.05) is 6.92 Å². The third-order valence-electron chi connectivity index (χ3n) is 2.41. The molecule has 1 aromatic rings. The van der Waals surface area contributed by atoms with E-state index in [1.54, 1.807) is 6.92 Å². The van der Waals surface area contributed by atoms with Gasteiger partial charge in [0.25, 0.3) is 0 Å². The monoisotopic (exact) mass is 242 g/mol. The quantitative estimate of drug-likeness (QED) is 0.800. The van der Waals surface area contributed by atoms with Crippen LogP contribution in [-0.4, -0.2) is 17.6 Å². The molecule has 0 saturated heterocycles. The number of esters is 1. The van der Waals surface area contributed by atoms with Crippen LogP contribution in [0.5, 0.6) is 0 Å². The summed E-state index contributed by atoms with van der Waals surface area (Å²) in [5.41, 5.74) is 6.41. The maximum atomic E-state index is 11.3. The highest BCUT2D eigenvalue weighted by Gasteiger charge is 2.23. The molecule has 0 spiro atoms. The Balaban J connectivity index is 2.68. The summed E-state index contributed by atoms with van der Waals surface area (Å²) >= 11 is 1.50. The Labute approximate surface area is 99.8 Å². The van der Waals surface area contributed by atoms with Gasteiger partial charge in [-0.05, 0) is 20.3 Å². The second-order valence-electron chi connectivity index (χ2n) is 3.90. The van der Waals surface area contributed by atoms with Crippen LogP contribution in [0.2, 0.25) is 0 Å². The molecule has 1 unspecified atom stereocenters. The van der Waals surface area contributed by atoms with Crippen LogP contribution in [0.1, 0.15) is 37.9 Å². The third kappa shape index (κ3) is 3.28. The number of thiazole rings is 1. The summed E-state index contributed by atoms with van der Waals surface area (Å²) in [6, 6.07) is 0. The molecular weight excluding hydrogens is 224 g/mol. The van der Waals surface area contributed by atoms with E-state index in [4.69, 9.17) is 10.5 Å². The molecule has 0 aliphatic rings. The van der Waals surface area contributed by atoms with Crippen LogP contribution in [0.4, 0.5) is 0 Å². The van der Waals surface area contributed by atoms with Crippen molar-refractivity contribution in [1.82, 2.24) is 4.98 Å². The summed E-state index contributed by atoms with van der Waals surface area (Å²) in [5.74, 6) is -0.241. The largest absolute Gasteiger partial charge is 0.466 e. The first-order chi connectivity index (χ1) is 7.49. The first kappa shape index (κ1) is 13.1. The zero-order valence-corrected chi connectivity index (χ0v) is 10.8. The number of carbonyl (C=O) groups excluding carboxylic acids is 1. The van der Waals surface area contributed by atoms with Gasteiger partial charge in [0, 0.05) is 5.38 Å². The molecular formula is C11H18N2O2S. The highest BCUT2D eigenvalue weighted by Crippen LogP contribution is 2.24. The average molecular weight is 242 g/mol. The van der Waals surface area contributed by atoms with Gasteiger partial charge in [-0.25, -0.2) is 4.98 Å². The molecule has 4 nitrogen and oxygen atoms in total. The minimum Gasteiger partial charge on any atom is -0.466 e. The van der Waals surface area contributed by atoms with Gasteiger partial charge >= 0.3 is 5.97 Å². The molecule has 1 heterocycles. The fraction of sp³-hybridized carbons (Fsp3) is 0.636. The first-order valence-electron chi connectivity index (χ1n) is 5.39. The lowest BCUT2D eigenvalue weighted by molar-refractivity contribution is -0.142. The fourth-order valence-corrected chi connectivity index (χ4v) is 2.13. The summed E-state index contributed by atoms with van der Waals surface area (Å²) in [6.07, 6.45) is 1.05. The molecule has 0 aromatic carbocycles. The van der Waals surface area contributed by atoms with Gasteiger partial charge in [-0.15, -0.1) is 11.3 Å². The summed E-state index contributed by atoms with van der Waals surface area (Å²) in [4.78, 5) is 15.6. The van der Waals surface area contributed by atoms with E-state index in [1.165, 1.54) is 11.3 Å². The van der Waals surface area contributed by atoms with Crippen LogP contribution >= 0.6 is 11.3 Å². The Kier molecular flexibility index (Phi) is 4.44. The van der Waals surface area contributed by atoms with Crippen molar-refractivity contribution in [2.24, 2.45) is 5.73 Å². The van der Waals surface area contributed by atoms with Gasteiger partial charge in [0.2, 0.25) is 0 Å². The van der Waals surface area contributed by atoms with Crippen molar-refractivity contribution in [3.8, 4) is 0 Å². The molecule has 0 aliphatic heterocycles. The molecule has 0 bridgehead atoms. The molecule has 16 heavy (non-hydrogen) atoms. The normalized spacial score (nSPS) is 14.5. The Morgan fingerprint density at radius 2 is 2.31 bits per heavy atom. The second kappa shape index (κ2) is 5.41. The van der Waals surface area contributed by atoms with Gasteiger partial charge in [0.1, 0.15) is 5.01 Å². The maximum Gasteiger partial charge on any atom is 0.311 e. The number of nitrogens with two attached hydrogens (primary N) is 1.